The molecule has 0 saturated heterocycles. The molecule has 0 aromatic rings. The highest BCUT2D eigenvalue weighted by Crippen LogP contribution is 2.43. The molecule has 0 aliphatic heterocycles. The number of phosphoric acid groups is 1. The molecule has 64 heavy (non-hydrogen) atoms. The summed E-state index contributed by atoms with van der Waals surface area (Å²) in [5.74, 6) is -0.144. The van der Waals surface area contributed by atoms with E-state index in [2.05, 4.69) is 67.8 Å². The number of hydrogen-bond donors (Lipinski definition) is 3. The van der Waals surface area contributed by atoms with E-state index >= 15 is 0 Å². The summed E-state index contributed by atoms with van der Waals surface area (Å²) in [5.41, 5.74) is 0. The number of aliphatic hydroxyl groups excluding tert-OH is 1. The van der Waals surface area contributed by atoms with Crippen LogP contribution in [-0.2, 0) is 18.4 Å². The Balaban J connectivity index is 4.08. The van der Waals surface area contributed by atoms with E-state index in [1.807, 2.05) is 21.1 Å². The largest absolute Gasteiger partial charge is 0.472 e. The van der Waals surface area contributed by atoms with Crippen LogP contribution in [0.4, 0.5) is 0 Å². The lowest BCUT2D eigenvalue weighted by molar-refractivity contribution is -0.870. The molecule has 0 rings (SSSR count). The Hall–Kier alpha value is -1.54. The second-order valence-electron chi connectivity index (χ2n) is 19.6. The van der Waals surface area contributed by atoms with Crippen LogP contribution in [0.3, 0.4) is 0 Å². The Kier molecular flexibility index (Phi) is 45.4. The summed E-state index contributed by atoms with van der Waals surface area (Å²) >= 11 is 0. The highest BCUT2D eigenvalue weighted by atomic mass is 31.2. The van der Waals surface area contributed by atoms with Gasteiger partial charge in [0.25, 0.3) is 0 Å². The van der Waals surface area contributed by atoms with Crippen molar-refractivity contribution in [3.63, 3.8) is 0 Å². The first-order valence-corrected chi connectivity index (χ1v) is 28.5. The van der Waals surface area contributed by atoms with Crippen molar-refractivity contribution in [2.75, 3.05) is 40.9 Å². The van der Waals surface area contributed by atoms with Crippen LogP contribution in [0.15, 0.2) is 48.6 Å². The molecule has 0 aromatic heterocycles. The second kappa shape index (κ2) is 46.6. The lowest BCUT2D eigenvalue weighted by Crippen LogP contribution is -2.46. The van der Waals surface area contributed by atoms with Crippen molar-refractivity contribution in [3.05, 3.63) is 48.6 Å². The van der Waals surface area contributed by atoms with Crippen LogP contribution in [-0.4, -0.2) is 73.4 Å². The van der Waals surface area contributed by atoms with Gasteiger partial charge >= 0.3 is 7.82 Å². The first-order valence-electron chi connectivity index (χ1n) is 27.0. The van der Waals surface area contributed by atoms with E-state index in [4.69, 9.17) is 9.05 Å². The molecule has 376 valence electrons. The fourth-order valence-corrected chi connectivity index (χ4v) is 8.60. The SMILES string of the molecule is CC/C=C\C/C=C\C/C=C\C/C=C\CCCCCCCCCCCCCCCCCCC(=O)NC(COP(=O)(O)OCC[N+](C)(C)C)C(O)CCCCCCCCCCCCCCC. The molecule has 0 fully saturated rings. The lowest BCUT2D eigenvalue weighted by atomic mass is 10.0. The number of rotatable bonds is 49. The molecular formula is C55H106N2O6P+. The summed E-state index contributed by atoms with van der Waals surface area (Å²) in [5, 5.41) is 14.0. The first-order chi connectivity index (χ1) is 31.0. The van der Waals surface area contributed by atoms with Gasteiger partial charge in [-0.1, -0.05) is 236 Å². The second-order valence-corrected chi connectivity index (χ2v) is 21.0. The van der Waals surface area contributed by atoms with Crippen LogP contribution in [0.25, 0.3) is 0 Å². The Labute approximate surface area is 397 Å². The van der Waals surface area contributed by atoms with Gasteiger partial charge in [0.1, 0.15) is 13.2 Å². The molecule has 0 aromatic carbocycles. The third-order valence-electron chi connectivity index (χ3n) is 12.1. The Morgan fingerprint density at radius 2 is 0.938 bits per heavy atom. The molecule has 0 saturated carbocycles. The van der Waals surface area contributed by atoms with Gasteiger partial charge in [0.2, 0.25) is 5.91 Å². The number of likely N-dealkylation sites (N-methyl/N-ethyl adjacent to an activating group) is 1. The monoisotopic (exact) mass is 922 g/mol. The standard InChI is InChI=1S/C55H105N2O6P/c1-6-8-10-12-14-16-18-20-21-22-23-24-25-26-27-28-29-30-31-32-33-34-35-37-39-41-43-45-47-49-55(59)56-53(52-63-64(60,61)62-51-50-57(3,4)5)54(58)48-46-44-42-40-38-36-19-17-15-13-11-9-7-2/h8,10,14,16,20-21,23-24,53-54,58H,6-7,9,11-13,15,17-19,22,25-52H2,1-5H3,(H-,56,59,60,61)/p+1/b10-8-,16-14-,21-20-,24-23-. The predicted molar refractivity (Wildman–Crippen MR) is 277 cm³/mol. The third kappa shape index (κ3) is 48.4. The zero-order chi connectivity index (χ0) is 47.1. The smallest absolute Gasteiger partial charge is 0.391 e. The normalized spacial score (nSPS) is 14.4. The number of aliphatic hydroxyl groups is 1. The first kappa shape index (κ1) is 62.5. The Morgan fingerprint density at radius 1 is 0.547 bits per heavy atom. The zero-order valence-corrected chi connectivity index (χ0v) is 43.7. The zero-order valence-electron chi connectivity index (χ0n) is 42.8. The number of unbranched alkanes of at least 4 members (excludes halogenated alkanes) is 28. The minimum absolute atomic E-state index is 0.0748. The maximum absolute atomic E-state index is 13.0. The van der Waals surface area contributed by atoms with Crippen molar-refractivity contribution in [2.24, 2.45) is 0 Å². The lowest BCUT2D eigenvalue weighted by Gasteiger charge is -2.26. The van der Waals surface area contributed by atoms with Gasteiger partial charge in [0.05, 0.1) is 39.9 Å². The van der Waals surface area contributed by atoms with Crippen molar-refractivity contribution >= 4 is 13.7 Å². The van der Waals surface area contributed by atoms with E-state index in [0.29, 0.717) is 23.9 Å². The fraction of sp³-hybridized carbons (Fsp3) is 0.836. The minimum atomic E-state index is -4.32. The molecule has 0 bridgehead atoms. The summed E-state index contributed by atoms with van der Waals surface area (Å²) in [6.07, 6.45) is 60.2. The fourth-order valence-electron chi connectivity index (χ4n) is 7.86. The summed E-state index contributed by atoms with van der Waals surface area (Å²) in [6, 6.07) is -0.759. The highest BCUT2D eigenvalue weighted by molar-refractivity contribution is 7.47. The van der Waals surface area contributed by atoms with Crippen molar-refractivity contribution in [3.8, 4) is 0 Å². The van der Waals surface area contributed by atoms with Crippen molar-refractivity contribution < 1.29 is 32.9 Å². The number of carbonyl (C=O) groups excluding carboxylic acids is 1. The maximum Gasteiger partial charge on any atom is 0.472 e. The summed E-state index contributed by atoms with van der Waals surface area (Å²) in [6.45, 7) is 4.79. The van der Waals surface area contributed by atoms with E-state index in [9.17, 15) is 19.4 Å². The third-order valence-corrected chi connectivity index (χ3v) is 13.1. The van der Waals surface area contributed by atoms with Crippen LogP contribution >= 0.6 is 7.82 Å². The predicted octanol–water partition coefficient (Wildman–Crippen LogP) is 16.0. The maximum atomic E-state index is 13.0. The van der Waals surface area contributed by atoms with Crippen LogP contribution in [0.5, 0.6) is 0 Å². The quantitative estimate of drug-likeness (QED) is 0.0243. The number of phosphoric ester groups is 1. The summed E-state index contributed by atoms with van der Waals surface area (Å²) < 4.78 is 23.7. The van der Waals surface area contributed by atoms with Crippen LogP contribution in [0.2, 0.25) is 0 Å². The number of carbonyl (C=O) groups is 1. The van der Waals surface area contributed by atoms with E-state index in [0.717, 1.165) is 64.2 Å². The van der Waals surface area contributed by atoms with E-state index < -0.39 is 20.0 Å². The Morgan fingerprint density at radius 3 is 1.38 bits per heavy atom. The molecule has 3 unspecified atom stereocenters. The van der Waals surface area contributed by atoms with Crippen LogP contribution < -0.4 is 5.32 Å². The molecule has 0 radical (unpaired) electrons. The van der Waals surface area contributed by atoms with Crippen LogP contribution in [0, 0.1) is 0 Å². The molecule has 0 aliphatic carbocycles. The van der Waals surface area contributed by atoms with Crippen LogP contribution in [0.1, 0.15) is 245 Å². The number of amides is 1. The number of hydrogen-bond acceptors (Lipinski definition) is 5. The average Bonchev–Trinajstić information content (AvgIpc) is 3.25. The average molecular weight is 922 g/mol. The summed E-state index contributed by atoms with van der Waals surface area (Å²) in [7, 11) is 1.62. The van der Waals surface area contributed by atoms with E-state index in [1.165, 1.54) is 154 Å². The van der Waals surface area contributed by atoms with Gasteiger partial charge in [-0.05, 0) is 51.4 Å². The molecule has 3 atom stereocenters. The number of nitrogens with one attached hydrogen (secondary N) is 1. The van der Waals surface area contributed by atoms with Gasteiger partial charge in [-0.2, -0.15) is 0 Å². The topological polar surface area (TPSA) is 105 Å². The molecular weight excluding hydrogens is 816 g/mol. The summed E-state index contributed by atoms with van der Waals surface area (Å²) in [4.78, 5) is 23.3. The molecule has 1 amide bonds. The van der Waals surface area contributed by atoms with Crippen molar-refractivity contribution in [1.82, 2.24) is 5.32 Å². The van der Waals surface area contributed by atoms with Gasteiger partial charge < -0.3 is 19.8 Å². The Bertz CT molecular complexity index is 1180. The van der Waals surface area contributed by atoms with Crippen molar-refractivity contribution in [1.29, 1.82) is 0 Å². The van der Waals surface area contributed by atoms with Gasteiger partial charge in [0, 0.05) is 6.42 Å². The van der Waals surface area contributed by atoms with Crippen molar-refractivity contribution in [2.45, 2.75) is 257 Å². The molecule has 9 heteroatoms. The van der Waals surface area contributed by atoms with Gasteiger partial charge in [-0.15, -0.1) is 0 Å². The van der Waals surface area contributed by atoms with E-state index in [-0.39, 0.29) is 19.1 Å². The highest BCUT2D eigenvalue weighted by Gasteiger charge is 2.28. The molecule has 0 spiro atoms. The number of allylic oxidation sites excluding steroid dienone is 8. The minimum Gasteiger partial charge on any atom is -0.391 e. The van der Waals surface area contributed by atoms with Gasteiger partial charge in [0.15, 0.2) is 0 Å². The molecule has 0 heterocycles. The van der Waals surface area contributed by atoms with Gasteiger partial charge in [-0.3, -0.25) is 13.8 Å². The van der Waals surface area contributed by atoms with E-state index in [1.54, 1.807) is 0 Å². The van der Waals surface area contributed by atoms with Gasteiger partial charge in [-0.25, -0.2) is 4.57 Å². The number of nitrogens with zero attached hydrogens (tertiary/aromatic N) is 1. The molecule has 8 nitrogen and oxygen atoms in total. The molecule has 3 N–H and O–H groups in total. The molecule has 0 aliphatic rings. The number of quaternary nitrogens is 1.